The highest BCUT2D eigenvalue weighted by Crippen LogP contribution is 2.16. The summed E-state index contributed by atoms with van der Waals surface area (Å²) < 4.78 is 4.74. The van der Waals surface area contributed by atoms with E-state index in [0.717, 1.165) is 5.56 Å². The number of hydrogen-bond donors (Lipinski definition) is 1. The summed E-state index contributed by atoms with van der Waals surface area (Å²) in [5, 5.41) is 12.1. The standard InChI is InChI=1S/C15H20N2O2/c1-10(15(18)19-4)11(2)17-12(3)14-7-5-13(9-16)6-8-14/h5-8,10-12,17H,1-4H3. The lowest BCUT2D eigenvalue weighted by Crippen LogP contribution is -2.38. The Morgan fingerprint density at radius 3 is 2.32 bits per heavy atom. The van der Waals surface area contributed by atoms with Crippen molar-refractivity contribution in [2.24, 2.45) is 5.92 Å². The highest BCUT2D eigenvalue weighted by molar-refractivity contribution is 5.72. The number of carbonyl (C=O) groups is 1. The molecule has 0 aliphatic rings. The number of nitrogens with zero attached hydrogens (tertiary/aromatic N) is 1. The molecule has 1 N–H and O–H groups in total. The molecule has 0 aromatic heterocycles. The first kappa shape index (κ1) is 15.2. The summed E-state index contributed by atoms with van der Waals surface area (Å²) in [4.78, 5) is 11.5. The van der Waals surface area contributed by atoms with Gasteiger partial charge < -0.3 is 10.1 Å². The first-order valence-electron chi connectivity index (χ1n) is 6.33. The van der Waals surface area contributed by atoms with Gasteiger partial charge in [-0.3, -0.25) is 4.79 Å². The SMILES string of the molecule is COC(=O)C(C)C(C)NC(C)c1ccc(C#N)cc1. The molecule has 0 radical (unpaired) electrons. The van der Waals surface area contributed by atoms with Crippen molar-refractivity contribution in [3.05, 3.63) is 35.4 Å². The van der Waals surface area contributed by atoms with Gasteiger partial charge in [0.1, 0.15) is 0 Å². The van der Waals surface area contributed by atoms with Gasteiger partial charge in [-0.1, -0.05) is 19.1 Å². The molecule has 4 nitrogen and oxygen atoms in total. The summed E-state index contributed by atoms with van der Waals surface area (Å²) in [6, 6.07) is 9.64. The normalized spacial score (nSPS) is 15.1. The largest absolute Gasteiger partial charge is 0.469 e. The molecule has 4 heteroatoms. The van der Waals surface area contributed by atoms with Gasteiger partial charge >= 0.3 is 5.97 Å². The molecule has 3 atom stereocenters. The molecule has 3 unspecified atom stereocenters. The number of hydrogen-bond acceptors (Lipinski definition) is 4. The third-order valence-corrected chi connectivity index (χ3v) is 3.38. The third-order valence-electron chi connectivity index (χ3n) is 3.38. The van der Waals surface area contributed by atoms with E-state index < -0.39 is 0 Å². The fraction of sp³-hybridized carbons (Fsp3) is 0.467. The van der Waals surface area contributed by atoms with Crippen LogP contribution in [0.2, 0.25) is 0 Å². The van der Waals surface area contributed by atoms with E-state index in [1.54, 1.807) is 12.1 Å². The van der Waals surface area contributed by atoms with Crippen LogP contribution in [0.25, 0.3) is 0 Å². The summed E-state index contributed by atoms with van der Waals surface area (Å²) in [5.74, 6) is -0.419. The molecule has 0 saturated heterocycles. The van der Waals surface area contributed by atoms with E-state index in [9.17, 15) is 4.79 Å². The van der Waals surface area contributed by atoms with Gasteiger partial charge in [0.2, 0.25) is 0 Å². The summed E-state index contributed by atoms with van der Waals surface area (Å²) in [5.41, 5.74) is 1.73. The van der Waals surface area contributed by atoms with E-state index in [0.29, 0.717) is 5.56 Å². The molecule has 0 heterocycles. The molecule has 1 aromatic rings. The molecule has 19 heavy (non-hydrogen) atoms. The number of esters is 1. The number of nitriles is 1. The zero-order valence-corrected chi connectivity index (χ0v) is 11.8. The number of benzene rings is 1. The Morgan fingerprint density at radius 2 is 1.84 bits per heavy atom. The number of rotatable bonds is 5. The van der Waals surface area contributed by atoms with Crippen LogP contribution in [0, 0.1) is 17.2 Å². The molecule has 0 amide bonds. The second-order valence-electron chi connectivity index (χ2n) is 4.72. The highest BCUT2D eigenvalue weighted by atomic mass is 16.5. The molecule has 0 saturated carbocycles. The Hall–Kier alpha value is -1.86. The Balaban J connectivity index is 2.65. The van der Waals surface area contributed by atoms with E-state index in [-0.39, 0.29) is 24.0 Å². The maximum absolute atomic E-state index is 11.5. The average molecular weight is 260 g/mol. The molecule has 0 fully saturated rings. The summed E-state index contributed by atoms with van der Waals surface area (Å²) in [7, 11) is 1.40. The minimum absolute atomic E-state index is 0.0121. The molecule has 102 valence electrons. The number of ether oxygens (including phenoxy) is 1. The molecule has 0 spiro atoms. The van der Waals surface area contributed by atoms with Crippen molar-refractivity contribution >= 4 is 5.97 Å². The predicted molar refractivity (Wildman–Crippen MR) is 73.3 cm³/mol. The zero-order chi connectivity index (χ0) is 14.4. The van der Waals surface area contributed by atoms with Crippen LogP contribution in [0.3, 0.4) is 0 Å². The van der Waals surface area contributed by atoms with Crippen LogP contribution in [0.15, 0.2) is 24.3 Å². The predicted octanol–water partition coefficient (Wildman–Crippen LogP) is 2.41. The van der Waals surface area contributed by atoms with Gasteiger partial charge in [-0.2, -0.15) is 5.26 Å². The molecular weight excluding hydrogens is 240 g/mol. The lowest BCUT2D eigenvalue weighted by molar-refractivity contribution is -0.145. The van der Waals surface area contributed by atoms with Gasteiger partial charge in [0.25, 0.3) is 0 Å². The molecule has 0 aliphatic heterocycles. The van der Waals surface area contributed by atoms with Crippen molar-refractivity contribution in [1.29, 1.82) is 5.26 Å². The van der Waals surface area contributed by atoms with E-state index in [1.807, 2.05) is 32.9 Å². The van der Waals surface area contributed by atoms with E-state index >= 15 is 0 Å². The van der Waals surface area contributed by atoms with Crippen LogP contribution < -0.4 is 5.32 Å². The fourth-order valence-electron chi connectivity index (χ4n) is 1.87. The molecule has 1 rings (SSSR count). The second kappa shape index (κ2) is 6.91. The second-order valence-corrected chi connectivity index (χ2v) is 4.72. The Bertz CT molecular complexity index is 462. The number of methoxy groups -OCH3 is 1. The van der Waals surface area contributed by atoms with Gasteiger partial charge in [0.15, 0.2) is 0 Å². The smallest absolute Gasteiger partial charge is 0.309 e. The monoisotopic (exact) mass is 260 g/mol. The Kier molecular flexibility index (Phi) is 5.53. The Morgan fingerprint density at radius 1 is 1.26 bits per heavy atom. The third kappa shape index (κ3) is 4.08. The van der Waals surface area contributed by atoms with Crippen molar-refractivity contribution in [2.75, 3.05) is 7.11 Å². The minimum atomic E-state index is -0.216. The quantitative estimate of drug-likeness (QED) is 0.826. The number of nitrogens with one attached hydrogen (secondary N) is 1. The minimum Gasteiger partial charge on any atom is -0.469 e. The first-order valence-corrected chi connectivity index (χ1v) is 6.33. The first-order chi connectivity index (χ1) is 8.99. The van der Waals surface area contributed by atoms with Gasteiger partial charge in [-0.15, -0.1) is 0 Å². The van der Waals surface area contributed by atoms with Crippen molar-refractivity contribution in [3.63, 3.8) is 0 Å². The maximum Gasteiger partial charge on any atom is 0.309 e. The topological polar surface area (TPSA) is 62.1 Å². The van der Waals surface area contributed by atoms with Crippen molar-refractivity contribution in [3.8, 4) is 6.07 Å². The summed E-state index contributed by atoms with van der Waals surface area (Å²) in [6.45, 7) is 5.83. The van der Waals surface area contributed by atoms with Crippen LogP contribution in [-0.4, -0.2) is 19.1 Å². The van der Waals surface area contributed by atoms with Crippen LogP contribution in [0.1, 0.15) is 37.9 Å². The van der Waals surface area contributed by atoms with E-state index in [4.69, 9.17) is 10.00 Å². The van der Waals surface area contributed by atoms with E-state index in [2.05, 4.69) is 11.4 Å². The average Bonchev–Trinajstić information content (AvgIpc) is 2.45. The van der Waals surface area contributed by atoms with Crippen LogP contribution in [0.4, 0.5) is 0 Å². The van der Waals surface area contributed by atoms with Crippen LogP contribution in [-0.2, 0) is 9.53 Å². The lowest BCUT2D eigenvalue weighted by atomic mass is 10.0. The van der Waals surface area contributed by atoms with Gasteiger partial charge in [-0.25, -0.2) is 0 Å². The zero-order valence-electron chi connectivity index (χ0n) is 11.8. The molecule has 0 bridgehead atoms. The van der Waals surface area contributed by atoms with Crippen molar-refractivity contribution in [1.82, 2.24) is 5.32 Å². The highest BCUT2D eigenvalue weighted by Gasteiger charge is 2.22. The van der Waals surface area contributed by atoms with Crippen molar-refractivity contribution < 1.29 is 9.53 Å². The number of carbonyl (C=O) groups excluding carboxylic acids is 1. The van der Waals surface area contributed by atoms with Crippen LogP contribution in [0.5, 0.6) is 0 Å². The summed E-state index contributed by atoms with van der Waals surface area (Å²) >= 11 is 0. The Labute approximate surface area is 114 Å². The molecular formula is C15H20N2O2. The van der Waals surface area contributed by atoms with Gasteiger partial charge in [0.05, 0.1) is 24.7 Å². The molecule has 1 aromatic carbocycles. The molecule has 0 aliphatic carbocycles. The van der Waals surface area contributed by atoms with Gasteiger partial charge in [-0.05, 0) is 31.5 Å². The lowest BCUT2D eigenvalue weighted by Gasteiger charge is -2.24. The van der Waals surface area contributed by atoms with Gasteiger partial charge in [0, 0.05) is 12.1 Å². The summed E-state index contributed by atoms with van der Waals surface area (Å²) in [6.07, 6.45) is 0. The van der Waals surface area contributed by atoms with Crippen molar-refractivity contribution in [2.45, 2.75) is 32.9 Å². The van der Waals surface area contributed by atoms with Crippen LogP contribution >= 0.6 is 0 Å². The van der Waals surface area contributed by atoms with E-state index in [1.165, 1.54) is 7.11 Å². The fourth-order valence-corrected chi connectivity index (χ4v) is 1.87. The maximum atomic E-state index is 11.5.